The Bertz CT molecular complexity index is 1010. The molecule has 1 nitrogen and oxygen atoms in total. The molecule has 1 aliphatic carbocycles. The Morgan fingerprint density at radius 1 is 0.929 bits per heavy atom. The van der Waals surface area contributed by atoms with Crippen molar-refractivity contribution in [3.8, 4) is 28.0 Å². The Labute approximate surface area is 160 Å². The Morgan fingerprint density at radius 2 is 1.61 bits per heavy atom. The molecule has 144 valence electrons. The minimum absolute atomic E-state index is 0.0567. The highest BCUT2D eigenvalue weighted by Gasteiger charge is 2.32. The number of benzene rings is 3. The van der Waals surface area contributed by atoms with Crippen LogP contribution in [0.1, 0.15) is 36.2 Å². The summed E-state index contributed by atoms with van der Waals surface area (Å²) in [5, 5.41) is 0. The van der Waals surface area contributed by atoms with Crippen LogP contribution in [-0.2, 0) is 6.42 Å². The molecular weight excluding hydrogens is 368 g/mol. The SMILES string of the molecule is CCCc1ccc2c(c1F)C(F)c1cc(-c3ccc(OC(F)F)cc3)ccc1-2. The lowest BCUT2D eigenvalue weighted by atomic mass is 9.98. The summed E-state index contributed by atoms with van der Waals surface area (Å²) in [6.07, 6.45) is -0.168. The molecule has 1 aliphatic rings. The lowest BCUT2D eigenvalue weighted by Gasteiger charge is -2.09. The molecule has 1 unspecified atom stereocenters. The first-order valence-corrected chi connectivity index (χ1v) is 9.14. The van der Waals surface area contributed by atoms with E-state index in [9.17, 15) is 13.2 Å². The largest absolute Gasteiger partial charge is 0.435 e. The van der Waals surface area contributed by atoms with Gasteiger partial charge >= 0.3 is 6.61 Å². The molecule has 0 saturated heterocycles. The van der Waals surface area contributed by atoms with E-state index >= 15 is 4.39 Å². The highest BCUT2D eigenvalue weighted by Crippen LogP contribution is 2.48. The van der Waals surface area contributed by atoms with Crippen LogP contribution in [0.2, 0.25) is 0 Å². The van der Waals surface area contributed by atoms with Crippen LogP contribution in [0.25, 0.3) is 22.3 Å². The summed E-state index contributed by atoms with van der Waals surface area (Å²) < 4.78 is 58.9. The standard InChI is InChI=1S/C23H18F4O/c1-2-3-14-6-11-18-17-10-7-15(12-19(17)22(25)20(18)21(14)24)13-4-8-16(9-5-13)28-23(26)27/h4-12,22-23H,2-3H2,1H3. The summed E-state index contributed by atoms with van der Waals surface area (Å²) in [6.45, 7) is -0.928. The first kappa shape index (κ1) is 18.5. The van der Waals surface area contributed by atoms with Gasteiger partial charge in [0.25, 0.3) is 0 Å². The van der Waals surface area contributed by atoms with Gasteiger partial charge in [0, 0.05) is 5.56 Å². The summed E-state index contributed by atoms with van der Waals surface area (Å²) >= 11 is 0. The summed E-state index contributed by atoms with van der Waals surface area (Å²) in [4.78, 5) is 0. The van der Waals surface area contributed by atoms with Gasteiger partial charge in [0.05, 0.1) is 0 Å². The summed E-state index contributed by atoms with van der Waals surface area (Å²) in [5.74, 6) is -0.403. The predicted molar refractivity (Wildman–Crippen MR) is 101 cm³/mol. The van der Waals surface area contributed by atoms with Crippen LogP contribution in [0.3, 0.4) is 0 Å². The van der Waals surface area contributed by atoms with E-state index in [4.69, 9.17) is 0 Å². The van der Waals surface area contributed by atoms with Gasteiger partial charge < -0.3 is 4.74 Å². The number of aryl methyl sites for hydroxylation is 1. The van der Waals surface area contributed by atoms with E-state index < -0.39 is 18.6 Å². The van der Waals surface area contributed by atoms with Crippen molar-refractivity contribution >= 4 is 0 Å². The molecule has 3 aromatic rings. The zero-order valence-electron chi connectivity index (χ0n) is 15.2. The van der Waals surface area contributed by atoms with Crippen LogP contribution >= 0.6 is 0 Å². The van der Waals surface area contributed by atoms with Gasteiger partial charge in [-0.25, -0.2) is 8.78 Å². The molecule has 0 radical (unpaired) electrons. The molecule has 0 bridgehead atoms. The lowest BCUT2D eigenvalue weighted by molar-refractivity contribution is -0.0498. The molecule has 5 heteroatoms. The van der Waals surface area contributed by atoms with Crippen molar-refractivity contribution in [1.82, 2.24) is 0 Å². The van der Waals surface area contributed by atoms with Gasteiger partial charge in [-0.2, -0.15) is 8.78 Å². The van der Waals surface area contributed by atoms with E-state index in [1.807, 2.05) is 13.0 Å². The van der Waals surface area contributed by atoms with Crippen molar-refractivity contribution in [2.24, 2.45) is 0 Å². The van der Waals surface area contributed by atoms with Gasteiger partial charge in [0.15, 0.2) is 6.17 Å². The number of hydrogen-bond acceptors (Lipinski definition) is 1. The Kier molecular flexibility index (Phi) is 4.84. The molecule has 0 aliphatic heterocycles. The van der Waals surface area contributed by atoms with Gasteiger partial charge in [0.2, 0.25) is 0 Å². The third-order valence-electron chi connectivity index (χ3n) is 5.06. The molecule has 0 heterocycles. The van der Waals surface area contributed by atoms with Crippen LogP contribution in [0, 0.1) is 5.82 Å². The van der Waals surface area contributed by atoms with Crippen LogP contribution in [0.4, 0.5) is 17.6 Å². The number of rotatable bonds is 5. The monoisotopic (exact) mass is 386 g/mol. The molecular formula is C23H18F4O. The van der Waals surface area contributed by atoms with Crippen molar-refractivity contribution in [2.45, 2.75) is 32.5 Å². The third kappa shape index (κ3) is 3.15. The first-order valence-electron chi connectivity index (χ1n) is 9.14. The Balaban J connectivity index is 1.70. The minimum atomic E-state index is -2.89. The molecule has 0 saturated carbocycles. The second kappa shape index (κ2) is 7.30. The van der Waals surface area contributed by atoms with Crippen LogP contribution in [-0.4, -0.2) is 6.61 Å². The van der Waals surface area contributed by atoms with E-state index in [0.29, 0.717) is 28.7 Å². The van der Waals surface area contributed by atoms with E-state index in [1.165, 1.54) is 12.1 Å². The van der Waals surface area contributed by atoms with Crippen LogP contribution < -0.4 is 4.74 Å². The van der Waals surface area contributed by atoms with Crippen molar-refractivity contribution in [1.29, 1.82) is 0 Å². The van der Waals surface area contributed by atoms with E-state index in [1.54, 1.807) is 36.4 Å². The molecule has 0 amide bonds. The number of fused-ring (bicyclic) bond motifs is 3. The van der Waals surface area contributed by atoms with Crippen molar-refractivity contribution in [3.63, 3.8) is 0 Å². The number of ether oxygens (including phenoxy) is 1. The fourth-order valence-electron chi connectivity index (χ4n) is 3.76. The number of halogens is 4. The molecule has 3 aromatic carbocycles. The molecule has 4 rings (SSSR count). The first-order chi connectivity index (χ1) is 13.5. The summed E-state index contributed by atoms with van der Waals surface area (Å²) in [7, 11) is 0. The van der Waals surface area contributed by atoms with Crippen LogP contribution in [0.15, 0.2) is 54.6 Å². The van der Waals surface area contributed by atoms with E-state index in [2.05, 4.69) is 4.74 Å². The molecule has 0 aromatic heterocycles. The normalized spacial score (nSPS) is 14.9. The fourth-order valence-corrected chi connectivity index (χ4v) is 3.76. The highest BCUT2D eigenvalue weighted by molar-refractivity contribution is 5.82. The minimum Gasteiger partial charge on any atom is -0.435 e. The topological polar surface area (TPSA) is 9.23 Å². The quantitative estimate of drug-likeness (QED) is 0.426. The second-order valence-corrected chi connectivity index (χ2v) is 6.82. The lowest BCUT2D eigenvalue weighted by Crippen LogP contribution is -2.01. The van der Waals surface area contributed by atoms with Crippen molar-refractivity contribution in [3.05, 3.63) is 77.1 Å². The van der Waals surface area contributed by atoms with E-state index in [0.717, 1.165) is 17.5 Å². The summed E-state index contributed by atoms with van der Waals surface area (Å²) in [5.41, 5.74) is 3.81. The summed E-state index contributed by atoms with van der Waals surface area (Å²) in [6, 6.07) is 15.0. The predicted octanol–water partition coefficient (Wildman–Crippen LogP) is 7.09. The van der Waals surface area contributed by atoms with Crippen molar-refractivity contribution in [2.75, 3.05) is 0 Å². The zero-order valence-corrected chi connectivity index (χ0v) is 15.2. The van der Waals surface area contributed by atoms with Gasteiger partial charge in [0.1, 0.15) is 11.6 Å². The van der Waals surface area contributed by atoms with Gasteiger partial charge in [-0.05, 0) is 58.0 Å². The number of alkyl halides is 3. The fraction of sp³-hybridized carbons (Fsp3) is 0.217. The third-order valence-corrected chi connectivity index (χ3v) is 5.06. The molecule has 1 atom stereocenters. The molecule has 28 heavy (non-hydrogen) atoms. The van der Waals surface area contributed by atoms with Gasteiger partial charge in [-0.15, -0.1) is 0 Å². The van der Waals surface area contributed by atoms with Gasteiger partial charge in [-0.3, -0.25) is 0 Å². The Hall–Kier alpha value is -2.82. The number of hydrogen-bond donors (Lipinski definition) is 0. The molecule has 0 spiro atoms. The van der Waals surface area contributed by atoms with E-state index in [-0.39, 0.29) is 11.3 Å². The average molecular weight is 386 g/mol. The maximum absolute atomic E-state index is 15.2. The highest BCUT2D eigenvalue weighted by atomic mass is 19.3. The zero-order chi connectivity index (χ0) is 19.8. The van der Waals surface area contributed by atoms with Gasteiger partial charge in [-0.1, -0.05) is 49.7 Å². The maximum Gasteiger partial charge on any atom is 0.387 e. The molecule has 0 fully saturated rings. The second-order valence-electron chi connectivity index (χ2n) is 6.82. The maximum atomic E-state index is 15.2. The smallest absolute Gasteiger partial charge is 0.387 e. The van der Waals surface area contributed by atoms with Crippen LogP contribution in [0.5, 0.6) is 5.75 Å². The Morgan fingerprint density at radius 3 is 2.29 bits per heavy atom. The van der Waals surface area contributed by atoms with Crippen molar-refractivity contribution < 1.29 is 22.3 Å². The molecule has 0 N–H and O–H groups in total. The average Bonchev–Trinajstić information content (AvgIpc) is 2.97.